The Labute approximate surface area is 101 Å². The first-order chi connectivity index (χ1) is 6.79. The second kappa shape index (κ2) is 4.66. The molecule has 0 N–H and O–H groups in total. The zero-order valence-corrected chi connectivity index (χ0v) is 10.7. The third kappa shape index (κ3) is 3.95. The van der Waals surface area contributed by atoms with Gasteiger partial charge < -0.3 is 4.52 Å². The highest BCUT2D eigenvalue weighted by atomic mass is 35.9. The minimum atomic E-state index is -2.91. The van der Waals surface area contributed by atoms with Gasteiger partial charge in [0.15, 0.2) is 0 Å². The number of non-ortho nitro benzene ring substituents is 1. The van der Waals surface area contributed by atoms with E-state index in [1.165, 1.54) is 12.1 Å². The fourth-order valence-electron chi connectivity index (χ4n) is 0.915. The highest BCUT2D eigenvalue weighted by Gasteiger charge is 2.15. The summed E-state index contributed by atoms with van der Waals surface area (Å²) in [5.41, 5.74) is 0.600. The average Bonchev–Trinajstić information content (AvgIpc) is 2.06. The van der Waals surface area contributed by atoms with Crippen LogP contribution in [0.2, 0.25) is 0 Å². The van der Waals surface area contributed by atoms with E-state index in [-0.39, 0.29) is 11.4 Å². The maximum Gasteiger partial charge on any atom is 0.289 e. The van der Waals surface area contributed by atoms with Crippen LogP contribution in [0.5, 0.6) is 5.75 Å². The Kier molecular flexibility index (Phi) is 3.95. The lowest BCUT2D eigenvalue weighted by molar-refractivity contribution is -0.384. The number of aryl methyl sites for hydroxylation is 1. The zero-order chi connectivity index (χ0) is 11.6. The maximum atomic E-state index is 10.5. The molecule has 1 aromatic rings. The average molecular weight is 286 g/mol. The van der Waals surface area contributed by atoms with Crippen molar-refractivity contribution in [3.05, 3.63) is 33.9 Å². The van der Waals surface area contributed by atoms with Crippen molar-refractivity contribution < 1.29 is 9.45 Å². The van der Waals surface area contributed by atoms with Crippen molar-refractivity contribution in [3.63, 3.8) is 0 Å². The molecule has 0 aromatic heterocycles. The quantitative estimate of drug-likeness (QED) is 0.479. The molecule has 82 valence electrons. The van der Waals surface area contributed by atoms with E-state index in [0.29, 0.717) is 5.56 Å². The van der Waals surface area contributed by atoms with Crippen LogP contribution in [0.4, 0.5) is 5.69 Å². The minimum absolute atomic E-state index is 0.0904. The Morgan fingerprint density at radius 3 is 2.60 bits per heavy atom. The molecule has 1 aromatic carbocycles. The summed E-state index contributed by atoms with van der Waals surface area (Å²) in [5.74, 6) is 0.248. The van der Waals surface area contributed by atoms with Gasteiger partial charge in [-0.25, -0.2) is 0 Å². The lowest BCUT2D eigenvalue weighted by atomic mass is 10.2. The van der Waals surface area contributed by atoms with Crippen LogP contribution in [0, 0.1) is 17.0 Å². The van der Waals surface area contributed by atoms with E-state index in [9.17, 15) is 10.1 Å². The van der Waals surface area contributed by atoms with E-state index in [4.69, 9.17) is 27.0 Å². The Morgan fingerprint density at radius 1 is 1.53 bits per heavy atom. The second-order valence-electron chi connectivity index (χ2n) is 2.71. The van der Waals surface area contributed by atoms with Gasteiger partial charge in [0.05, 0.1) is 11.0 Å². The van der Waals surface area contributed by atoms with E-state index in [2.05, 4.69) is 11.8 Å². The standard InChI is InChI=1S/C7H6Cl2NO3PS/c1-5-2-3-6(10(11)12)4-7(5)13-14(8,9)15/h2-4H,1H3. The third-order valence-corrected chi connectivity index (χ3v) is 2.63. The lowest BCUT2D eigenvalue weighted by Crippen LogP contribution is -1.91. The number of nitro benzene ring substituents is 1. The van der Waals surface area contributed by atoms with Crippen LogP contribution >= 0.6 is 27.5 Å². The number of nitrogens with zero attached hydrogens (tertiary/aromatic N) is 1. The molecule has 8 heteroatoms. The molecule has 0 saturated heterocycles. The number of benzene rings is 1. The number of nitro groups is 1. The minimum Gasteiger partial charge on any atom is -0.441 e. The number of rotatable bonds is 3. The van der Waals surface area contributed by atoms with Gasteiger partial charge in [0.2, 0.25) is 0 Å². The molecule has 0 aliphatic rings. The Morgan fingerprint density at radius 2 is 2.13 bits per heavy atom. The van der Waals surface area contributed by atoms with Crippen molar-refractivity contribution >= 4 is 44.9 Å². The van der Waals surface area contributed by atoms with Gasteiger partial charge in [0.1, 0.15) is 5.75 Å². The molecule has 0 radical (unpaired) electrons. The molecule has 0 unspecified atom stereocenters. The summed E-state index contributed by atoms with van der Waals surface area (Å²) in [6.07, 6.45) is 0. The molecule has 0 aliphatic heterocycles. The van der Waals surface area contributed by atoms with Gasteiger partial charge in [0.25, 0.3) is 10.7 Å². The Hall–Kier alpha value is -0.350. The van der Waals surface area contributed by atoms with Gasteiger partial charge in [-0.15, -0.1) is 0 Å². The molecule has 0 bridgehead atoms. The molecule has 4 nitrogen and oxygen atoms in total. The van der Waals surface area contributed by atoms with Gasteiger partial charge in [-0.1, -0.05) is 0 Å². The molecule has 1 rings (SSSR count). The van der Waals surface area contributed by atoms with Crippen LogP contribution in [0.15, 0.2) is 18.2 Å². The van der Waals surface area contributed by atoms with Gasteiger partial charge in [0, 0.05) is 6.07 Å². The van der Waals surface area contributed by atoms with Crippen molar-refractivity contribution in [2.45, 2.75) is 6.92 Å². The molecule has 0 amide bonds. The molecule has 0 aliphatic carbocycles. The first kappa shape index (κ1) is 12.7. The Bertz CT molecular complexity index is 448. The van der Waals surface area contributed by atoms with Gasteiger partial charge >= 0.3 is 0 Å². The van der Waals surface area contributed by atoms with E-state index in [1.54, 1.807) is 13.0 Å². The summed E-state index contributed by atoms with van der Waals surface area (Å²) in [4.78, 5) is 7.06. The molecular weight excluding hydrogens is 280 g/mol. The summed E-state index contributed by atoms with van der Waals surface area (Å²) in [6, 6.07) is 4.17. The fraction of sp³-hybridized carbons (Fsp3) is 0.143. The monoisotopic (exact) mass is 285 g/mol. The molecule has 15 heavy (non-hydrogen) atoms. The number of hydrogen-bond donors (Lipinski definition) is 0. The summed E-state index contributed by atoms with van der Waals surface area (Å²) in [6.45, 7) is 1.72. The molecule has 0 heterocycles. The highest BCUT2D eigenvalue weighted by molar-refractivity contribution is 8.36. The largest absolute Gasteiger partial charge is 0.441 e. The third-order valence-electron chi connectivity index (χ3n) is 1.59. The van der Waals surface area contributed by atoms with Crippen molar-refractivity contribution in [2.24, 2.45) is 0 Å². The van der Waals surface area contributed by atoms with Crippen LogP contribution in [-0.4, -0.2) is 4.92 Å². The summed E-state index contributed by atoms with van der Waals surface area (Å²) < 4.78 is 5.08. The van der Waals surface area contributed by atoms with E-state index < -0.39 is 9.89 Å². The number of halogens is 2. The first-order valence-electron chi connectivity index (χ1n) is 3.73. The summed E-state index contributed by atoms with van der Waals surface area (Å²) in [7, 11) is 0. The van der Waals surface area contributed by atoms with Crippen molar-refractivity contribution in [2.75, 3.05) is 0 Å². The Balaban J connectivity index is 3.11. The molecule has 0 fully saturated rings. The predicted molar refractivity (Wildman–Crippen MR) is 64.5 cm³/mol. The fourth-order valence-corrected chi connectivity index (χ4v) is 2.03. The van der Waals surface area contributed by atoms with Gasteiger partial charge in [-0.2, -0.15) is 0 Å². The summed E-state index contributed by atoms with van der Waals surface area (Å²) >= 11 is 15.8. The normalized spacial score (nSPS) is 11.1. The highest BCUT2D eigenvalue weighted by Crippen LogP contribution is 2.58. The van der Waals surface area contributed by atoms with Crippen molar-refractivity contribution in [1.29, 1.82) is 0 Å². The molecule has 0 atom stereocenters. The maximum absolute atomic E-state index is 10.5. The zero-order valence-electron chi connectivity index (χ0n) is 7.52. The van der Waals surface area contributed by atoms with Crippen LogP contribution in [0.3, 0.4) is 0 Å². The van der Waals surface area contributed by atoms with Crippen LogP contribution in [0.1, 0.15) is 5.56 Å². The van der Waals surface area contributed by atoms with E-state index in [1.807, 2.05) is 0 Å². The summed E-state index contributed by atoms with van der Waals surface area (Å²) in [5, 5.41) is 10.5. The SMILES string of the molecule is Cc1ccc([N+](=O)[O-])cc1OP(=S)(Cl)Cl. The first-order valence-corrected chi connectivity index (χ1v) is 8.26. The lowest BCUT2D eigenvalue weighted by Gasteiger charge is -2.10. The van der Waals surface area contributed by atoms with Crippen molar-refractivity contribution in [1.82, 2.24) is 0 Å². The van der Waals surface area contributed by atoms with Crippen molar-refractivity contribution in [3.8, 4) is 5.75 Å². The van der Waals surface area contributed by atoms with Crippen LogP contribution < -0.4 is 4.52 Å². The van der Waals surface area contributed by atoms with Gasteiger partial charge in [-0.05, 0) is 52.8 Å². The predicted octanol–water partition coefficient (Wildman–Crippen LogP) is 3.98. The topological polar surface area (TPSA) is 52.4 Å². The van der Waals surface area contributed by atoms with E-state index in [0.717, 1.165) is 0 Å². The van der Waals surface area contributed by atoms with E-state index >= 15 is 0 Å². The van der Waals surface area contributed by atoms with Crippen LogP contribution in [-0.2, 0) is 11.8 Å². The molecule has 0 saturated carbocycles. The van der Waals surface area contributed by atoms with Crippen LogP contribution in [0.25, 0.3) is 0 Å². The number of hydrogen-bond acceptors (Lipinski definition) is 4. The second-order valence-corrected chi connectivity index (χ2v) is 9.85. The molecule has 0 spiro atoms. The molecular formula is C7H6Cl2NO3PS. The smallest absolute Gasteiger partial charge is 0.289 e. The van der Waals surface area contributed by atoms with Gasteiger partial charge in [-0.3, -0.25) is 10.1 Å².